The van der Waals surface area contributed by atoms with Gasteiger partial charge in [-0.25, -0.2) is 0 Å². The molecule has 0 aliphatic carbocycles. The van der Waals surface area contributed by atoms with Crippen LogP contribution in [0.25, 0.3) is 0 Å². The van der Waals surface area contributed by atoms with E-state index in [1.807, 2.05) is 0 Å². The SMILES string of the molecule is CCC1(O)OC(CO)C(O)C1OC1OC(CO)C(O)C(O)C1O.OCC1OC(OC2C(CO)OC(O)(CO)C2O)C(O)C(O)C1O.OCC1OC(OCC2OC(O)(CO)C(O)C2O)C(O)C(O)C1O. The first-order valence-corrected chi connectivity index (χ1v) is 21.5. The van der Waals surface area contributed by atoms with Crippen molar-refractivity contribution >= 4 is 0 Å². The molecule has 6 fully saturated rings. The summed E-state index contributed by atoms with van der Waals surface area (Å²) >= 11 is 0. The van der Waals surface area contributed by atoms with Gasteiger partial charge in [-0.15, -0.1) is 0 Å². The third-order valence-electron chi connectivity index (χ3n) is 12.4. The Morgan fingerprint density at radius 2 is 0.754 bits per heavy atom. The Bertz CT molecular complexity index is 1520. The van der Waals surface area contributed by atoms with Crippen molar-refractivity contribution < 1.29 is 160 Å². The molecule has 0 amide bonds. The molecule has 0 aromatic carbocycles. The number of hydrogen-bond acceptors (Lipinski definition) is 32. The molecule has 6 rings (SSSR count). The van der Waals surface area contributed by atoms with Crippen LogP contribution in [0, 0.1) is 0 Å². The van der Waals surface area contributed by atoms with Crippen molar-refractivity contribution in [1.82, 2.24) is 0 Å². The van der Waals surface area contributed by atoms with Crippen molar-refractivity contribution in [1.29, 1.82) is 0 Å². The van der Waals surface area contributed by atoms with Crippen molar-refractivity contribution in [2.45, 2.75) is 178 Å². The van der Waals surface area contributed by atoms with Gasteiger partial charge in [0.25, 0.3) is 0 Å². The lowest BCUT2D eigenvalue weighted by molar-refractivity contribution is -0.339. The third kappa shape index (κ3) is 12.8. The minimum Gasteiger partial charge on any atom is -0.394 e. The van der Waals surface area contributed by atoms with Gasteiger partial charge in [-0.05, 0) is 0 Å². The molecule has 0 saturated carbocycles. The highest BCUT2D eigenvalue weighted by atomic mass is 16.8. The first-order valence-electron chi connectivity index (χ1n) is 21.5. The summed E-state index contributed by atoms with van der Waals surface area (Å²) in [5.41, 5.74) is 0. The average Bonchev–Trinajstić information content (AvgIpc) is 3.84. The molecule has 32 heteroatoms. The van der Waals surface area contributed by atoms with Gasteiger partial charge in [0, 0.05) is 6.42 Å². The lowest BCUT2D eigenvalue weighted by atomic mass is 9.98. The van der Waals surface area contributed by atoms with E-state index in [0.29, 0.717) is 0 Å². The van der Waals surface area contributed by atoms with Crippen molar-refractivity contribution in [3.63, 3.8) is 0 Å². The largest absolute Gasteiger partial charge is 0.394 e. The highest BCUT2D eigenvalue weighted by Gasteiger charge is 2.59. The van der Waals surface area contributed by atoms with Crippen LogP contribution in [0.4, 0.5) is 0 Å². The molecule has 0 spiro atoms. The van der Waals surface area contributed by atoms with Crippen LogP contribution in [0.2, 0.25) is 0 Å². The maximum atomic E-state index is 10.4. The first kappa shape index (κ1) is 60.3. The van der Waals surface area contributed by atoms with Gasteiger partial charge < -0.3 is 160 Å². The maximum absolute atomic E-state index is 10.4. The topological polar surface area (TPSA) is 548 Å². The summed E-state index contributed by atoms with van der Waals surface area (Å²) in [4.78, 5) is 0. The van der Waals surface area contributed by atoms with Crippen molar-refractivity contribution in [2.75, 3.05) is 52.9 Å². The Labute approximate surface area is 390 Å². The molecule has 23 N–H and O–H groups in total. The van der Waals surface area contributed by atoms with Crippen LogP contribution >= 0.6 is 0 Å². The summed E-state index contributed by atoms with van der Waals surface area (Å²) in [6.07, 6.45) is -35.6. The highest BCUT2D eigenvalue weighted by molar-refractivity contribution is 5.00. The number of hydrogen-bond donors (Lipinski definition) is 23. The summed E-state index contributed by atoms with van der Waals surface area (Å²) in [5, 5.41) is 221. The van der Waals surface area contributed by atoms with Crippen molar-refractivity contribution in [3.05, 3.63) is 0 Å². The van der Waals surface area contributed by atoms with E-state index < -0.39 is 217 Å². The molecule has 69 heavy (non-hydrogen) atoms. The fraction of sp³-hybridized carbons (Fsp3) is 1.00. The van der Waals surface area contributed by atoms with Crippen LogP contribution in [-0.4, -0.2) is 335 Å². The van der Waals surface area contributed by atoms with Crippen LogP contribution in [-0.2, 0) is 42.6 Å². The smallest absolute Gasteiger partial charge is 0.219 e. The molecular weight excluding hydrogens is 956 g/mol. The van der Waals surface area contributed by atoms with Gasteiger partial charge in [0.2, 0.25) is 11.6 Å². The van der Waals surface area contributed by atoms with E-state index in [1.54, 1.807) is 6.92 Å². The lowest BCUT2D eigenvalue weighted by Crippen LogP contribution is -2.61. The second kappa shape index (κ2) is 25.3. The Morgan fingerprint density at radius 3 is 1.16 bits per heavy atom. The van der Waals surface area contributed by atoms with Crippen LogP contribution in [0.1, 0.15) is 13.3 Å². The molecular formula is C37H68O32. The monoisotopic (exact) mass is 1020 g/mol. The van der Waals surface area contributed by atoms with Gasteiger partial charge in [0.05, 0.1) is 52.9 Å². The second-order valence-electron chi connectivity index (χ2n) is 17.0. The molecule has 0 bridgehead atoms. The number of aliphatic hydroxyl groups excluding tert-OH is 20. The van der Waals surface area contributed by atoms with Gasteiger partial charge in [0.15, 0.2) is 24.7 Å². The summed E-state index contributed by atoms with van der Waals surface area (Å²) in [6, 6.07) is 0. The number of aliphatic hydroxyl groups is 23. The molecule has 32 nitrogen and oxygen atoms in total. The van der Waals surface area contributed by atoms with Gasteiger partial charge in [0.1, 0.15) is 128 Å². The van der Waals surface area contributed by atoms with Crippen molar-refractivity contribution in [2.24, 2.45) is 0 Å². The molecule has 27 atom stereocenters. The van der Waals surface area contributed by atoms with Gasteiger partial charge in [-0.1, -0.05) is 6.92 Å². The molecule has 6 heterocycles. The molecule has 0 aromatic rings. The number of ether oxygens (including phenoxy) is 9. The molecule has 0 radical (unpaired) electrons. The minimum absolute atomic E-state index is 0.0165. The van der Waals surface area contributed by atoms with E-state index in [4.69, 9.17) is 73.3 Å². The zero-order valence-electron chi connectivity index (χ0n) is 36.7. The van der Waals surface area contributed by atoms with Gasteiger partial charge in [-0.3, -0.25) is 0 Å². The van der Waals surface area contributed by atoms with Crippen molar-refractivity contribution in [3.8, 4) is 0 Å². The summed E-state index contributed by atoms with van der Waals surface area (Å²) in [5.74, 6) is -6.64. The standard InChI is InChI=1S/C13H24O10.2C12H22O11/c1-2-13(20)11(8(17)6(4-15)23-13)22-12-10(19)9(18)7(16)5(3-14)21-12;13-1-4-6(16)7(17)8(18)11(21-4)22-9-5(2-14)23-12(20,3-15)10(9)19;13-1-4-6(15)8(17)9(18)11(22-4)21-2-5-7(16)10(19)12(20,3-14)23-5/h5-12,14-20H,2-4H2,1H3;2*4-11,13-20H,1-3H2. The predicted octanol–water partition coefficient (Wildman–Crippen LogP) is -14.8. The van der Waals surface area contributed by atoms with E-state index in [2.05, 4.69) is 0 Å². The average molecular weight is 1020 g/mol. The highest BCUT2D eigenvalue weighted by Crippen LogP contribution is 2.37. The zero-order chi connectivity index (χ0) is 52.1. The molecule has 6 aliphatic heterocycles. The fourth-order valence-electron chi connectivity index (χ4n) is 7.96. The molecule has 0 aromatic heterocycles. The lowest BCUT2D eigenvalue weighted by Gasteiger charge is -2.42. The Hall–Kier alpha value is -1.28. The zero-order valence-corrected chi connectivity index (χ0v) is 36.7. The fourth-order valence-corrected chi connectivity index (χ4v) is 7.96. The van der Waals surface area contributed by atoms with E-state index >= 15 is 0 Å². The summed E-state index contributed by atoms with van der Waals surface area (Å²) in [6.45, 7) is -4.00. The quantitative estimate of drug-likeness (QED) is 0.0724. The molecule has 6 aliphatic rings. The molecule has 408 valence electrons. The minimum atomic E-state index is -2.37. The van der Waals surface area contributed by atoms with Gasteiger partial charge in [-0.2, -0.15) is 0 Å². The number of rotatable bonds is 15. The Morgan fingerprint density at radius 1 is 0.377 bits per heavy atom. The van der Waals surface area contributed by atoms with E-state index in [9.17, 15) is 86.8 Å². The van der Waals surface area contributed by atoms with Crippen LogP contribution in [0.3, 0.4) is 0 Å². The maximum Gasteiger partial charge on any atom is 0.219 e. The molecule has 6 saturated heterocycles. The third-order valence-corrected chi connectivity index (χ3v) is 12.4. The van der Waals surface area contributed by atoms with E-state index in [1.165, 1.54) is 0 Å². The summed E-state index contributed by atoms with van der Waals surface area (Å²) < 4.78 is 46.2. The predicted molar refractivity (Wildman–Crippen MR) is 209 cm³/mol. The van der Waals surface area contributed by atoms with Gasteiger partial charge >= 0.3 is 0 Å². The van der Waals surface area contributed by atoms with Crippen LogP contribution in [0.5, 0.6) is 0 Å². The summed E-state index contributed by atoms with van der Waals surface area (Å²) in [7, 11) is 0. The Balaban J connectivity index is 0.000000225. The second-order valence-corrected chi connectivity index (χ2v) is 17.0. The van der Waals surface area contributed by atoms with E-state index in [-0.39, 0.29) is 6.42 Å². The Kier molecular flexibility index (Phi) is 22.1. The molecule has 27 unspecified atom stereocenters. The normalized spacial score (nSPS) is 51.1. The first-order chi connectivity index (χ1) is 32.3. The van der Waals surface area contributed by atoms with Crippen LogP contribution in [0.15, 0.2) is 0 Å². The van der Waals surface area contributed by atoms with E-state index in [0.717, 1.165) is 0 Å². The van der Waals surface area contributed by atoms with Crippen LogP contribution < -0.4 is 0 Å².